The molecule has 1 aromatic carbocycles. The molecule has 0 aliphatic heterocycles. The van der Waals surface area contributed by atoms with E-state index >= 15 is 0 Å². The van der Waals surface area contributed by atoms with Crippen molar-refractivity contribution >= 4 is 0 Å². The number of hydrogen-bond acceptors (Lipinski definition) is 4. The summed E-state index contributed by atoms with van der Waals surface area (Å²) >= 11 is 0. The van der Waals surface area contributed by atoms with E-state index in [1.54, 1.807) is 13.2 Å². The molecule has 20 heavy (non-hydrogen) atoms. The van der Waals surface area contributed by atoms with E-state index in [0.29, 0.717) is 23.6 Å². The first-order valence-electron chi connectivity index (χ1n) is 6.28. The monoisotopic (exact) mass is 268 g/mol. The van der Waals surface area contributed by atoms with Crippen molar-refractivity contribution in [3.05, 3.63) is 52.8 Å². The third kappa shape index (κ3) is 3.07. The van der Waals surface area contributed by atoms with Gasteiger partial charge >= 0.3 is 0 Å². The van der Waals surface area contributed by atoms with E-state index in [1.165, 1.54) is 0 Å². The molecule has 0 spiro atoms. The molecule has 102 valence electrons. The molecular weight excluding hydrogens is 252 g/mol. The number of benzene rings is 1. The van der Waals surface area contributed by atoms with E-state index in [2.05, 4.69) is 11.1 Å². The minimum absolute atomic E-state index is 0.384. The van der Waals surface area contributed by atoms with E-state index in [9.17, 15) is 5.26 Å². The highest BCUT2D eigenvalue weighted by atomic mass is 16.5. The van der Waals surface area contributed by atoms with Crippen molar-refractivity contribution in [2.45, 2.75) is 20.5 Å². The van der Waals surface area contributed by atoms with Crippen molar-refractivity contribution in [3.8, 4) is 17.6 Å². The highest BCUT2D eigenvalue weighted by Crippen LogP contribution is 2.23. The molecule has 0 aliphatic carbocycles. The number of nitriles is 1. The van der Waals surface area contributed by atoms with Gasteiger partial charge in [-0.05, 0) is 31.5 Å². The number of rotatable bonds is 4. The molecule has 0 bridgehead atoms. The topological polar surface area (TPSA) is 55.1 Å². The number of aromatic nitrogens is 1. The second kappa shape index (κ2) is 6.07. The number of methoxy groups -OCH3 is 1. The summed E-state index contributed by atoms with van der Waals surface area (Å²) in [7, 11) is 1.63. The molecule has 0 radical (unpaired) electrons. The minimum atomic E-state index is 0.384. The fourth-order valence-electron chi connectivity index (χ4n) is 1.97. The molecule has 1 aromatic heterocycles. The molecule has 0 amide bonds. The molecule has 2 rings (SSSR count). The average molecular weight is 268 g/mol. The van der Waals surface area contributed by atoms with Crippen LogP contribution in [-0.4, -0.2) is 12.1 Å². The zero-order valence-electron chi connectivity index (χ0n) is 11.8. The first-order chi connectivity index (χ1) is 9.63. The second-order valence-corrected chi connectivity index (χ2v) is 4.47. The van der Waals surface area contributed by atoms with Crippen LogP contribution >= 0.6 is 0 Å². The number of ether oxygens (including phenoxy) is 2. The maximum atomic E-state index is 9.18. The van der Waals surface area contributed by atoms with Crippen molar-refractivity contribution in [1.82, 2.24) is 4.98 Å². The van der Waals surface area contributed by atoms with Gasteiger partial charge in [0.05, 0.1) is 12.8 Å². The fourth-order valence-corrected chi connectivity index (χ4v) is 1.97. The summed E-state index contributed by atoms with van der Waals surface area (Å²) in [6.07, 6.45) is 0. The van der Waals surface area contributed by atoms with Gasteiger partial charge in [-0.1, -0.05) is 12.1 Å². The Labute approximate surface area is 118 Å². The van der Waals surface area contributed by atoms with Crippen LogP contribution in [0.1, 0.15) is 22.5 Å². The second-order valence-electron chi connectivity index (χ2n) is 4.47. The number of nitrogens with zero attached hydrogens (tertiary/aromatic N) is 2. The van der Waals surface area contributed by atoms with E-state index < -0.39 is 0 Å². The quantitative estimate of drug-likeness (QED) is 0.854. The van der Waals surface area contributed by atoms with Crippen LogP contribution in [0.2, 0.25) is 0 Å². The number of aryl methyl sites for hydroxylation is 2. The summed E-state index contributed by atoms with van der Waals surface area (Å²) in [4.78, 5) is 4.26. The van der Waals surface area contributed by atoms with Crippen LogP contribution in [0.4, 0.5) is 0 Å². The van der Waals surface area contributed by atoms with Crippen LogP contribution in [-0.2, 0) is 6.61 Å². The molecule has 0 fully saturated rings. The van der Waals surface area contributed by atoms with Gasteiger partial charge in [0, 0.05) is 11.8 Å². The van der Waals surface area contributed by atoms with Gasteiger partial charge < -0.3 is 9.47 Å². The lowest BCUT2D eigenvalue weighted by atomic mass is 10.2. The van der Waals surface area contributed by atoms with Gasteiger partial charge in [-0.3, -0.25) is 4.98 Å². The van der Waals surface area contributed by atoms with Gasteiger partial charge in [0.25, 0.3) is 0 Å². The van der Waals surface area contributed by atoms with Crippen LogP contribution in [0, 0.1) is 25.2 Å². The van der Waals surface area contributed by atoms with Crippen LogP contribution in [0.3, 0.4) is 0 Å². The van der Waals surface area contributed by atoms with E-state index in [4.69, 9.17) is 9.47 Å². The number of hydrogen-bond donors (Lipinski definition) is 0. The third-order valence-corrected chi connectivity index (χ3v) is 2.93. The summed E-state index contributed by atoms with van der Waals surface area (Å²) in [5.74, 6) is 1.36. The van der Waals surface area contributed by atoms with Gasteiger partial charge in [0.2, 0.25) is 0 Å². The van der Waals surface area contributed by atoms with Crippen molar-refractivity contribution in [3.63, 3.8) is 0 Å². The van der Waals surface area contributed by atoms with Crippen LogP contribution in [0.25, 0.3) is 0 Å². The zero-order chi connectivity index (χ0) is 14.5. The Balaban J connectivity index is 2.20. The van der Waals surface area contributed by atoms with Crippen molar-refractivity contribution < 1.29 is 9.47 Å². The SMILES string of the molecule is COc1cccc(COc2cc(C)nc(C)c2C#N)c1. The highest BCUT2D eigenvalue weighted by molar-refractivity contribution is 5.46. The Morgan fingerprint density at radius 1 is 1.25 bits per heavy atom. The Bertz CT molecular complexity index is 660. The molecule has 0 saturated carbocycles. The third-order valence-electron chi connectivity index (χ3n) is 2.93. The van der Waals surface area contributed by atoms with Gasteiger partial charge in [-0.25, -0.2) is 0 Å². The molecule has 1 heterocycles. The first-order valence-corrected chi connectivity index (χ1v) is 6.28. The largest absolute Gasteiger partial charge is 0.497 e. The first kappa shape index (κ1) is 13.9. The molecular formula is C16H16N2O2. The fraction of sp³-hybridized carbons (Fsp3) is 0.250. The Morgan fingerprint density at radius 3 is 2.75 bits per heavy atom. The van der Waals surface area contributed by atoms with E-state index in [1.807, 2.05) is 38.1 Å². The number of pyridine rings is 1. The molecule has 0 N–H and O–H groups in total. The van der Waals surface area contributed by atoms with Crippen LogP contribution < -0.4 is 9.47 Å². The van der Waals surface area contributed by atoms with Crippen molar-refractivity contribution in [2.24, 2.45) is 0 Å². The minimum Gasteiger partial charge on any atom is -0.497 e. The Kier molecular flexibility index (Phi) is 4.21. The maximum Gasteiger partial charge on any atom is 0.141 e. The maximum absolute atomic E-state index is 9.18. The molecule has 0 unspecified atom stereocenters. The summed E-state index contributed by atoms with van der Waals surface area (Å²) in [6, 6.07) is 11.6. The molecule has 2 aromatic rings. The average Bonchev–Trinajstić information content (AvgIpc) is 2.45. The Morgan fingerprint density at radius 2 is 2.05 bits per heavy atom. The smallest absolute Gasteiger partial charge is 0.141 e. The summed E-state index contributed by atoms with van der Waals surface area (Å²) in [5, 5.41) is 9.18. The lowest BCUT2D eigenvalue weighted by Crippen LogP contribution is -2.01. The summed E-state index contributed by atoms with van der Waals surface area (Å²) < 4.78 is 10.9. The predicted octanol–water partition coefficient (Wildman–Crippen LogP) is 3.16. The van der Waals surface area contributed by atoms with Crippen molar-refractivity contribution in [1.29, 1.82) is 5.26 Å². The molecule has 4 nitrogen and oxygen atoms in total. The van der Waals surface area contributed by atoms with Crippen LogP contribution in [0.15, 0.2) is 30.3 Å². The van der Waals surface area contributed by atoms with Crippen molar-refractivity contribution in [2.75, 3.05) is 7.11 Å². The molecule has 0 atom stereocenters. The predicted molar refractivity (Wildman–Crippen MR) is 75.8 cm³/mol. The van der Waals surface area contributed by atoms with Gasteiger partial charge in [-0.15, -0.1) is 0 Å². The Hall–Kier alpha value is -2.54. The lowest BCUT2D eigenvalue weighted by Gasteiger charge is -2.11. The molecule has 0 aliphatic rings. The van der Waals surface area contributed by atoms with Gasteiger partial charge in [0.15, 0.2) is 0 Å². The standard InChI is InChI=1S/C16H16N2O2/c1-11-7-16(15(9-17)12(2)18-11)20-10-13-5-4-6-14(8-13)19-3/h4-8H,10H2,1-3H3. The van der Waals surface area contributed by atoms with E-state index in [-0.39, 0.29) is 0 Å². The normalized spacial score (nSPS) is 9.90. The van der Waals surface area contributed by atoms with Gasteiger partial charge in [0.1, 0.15) is 29.7 Å². The summed E-state index contributed by atoms with van der Waals surface area (Å²) in [5.41, 5.74) is 2.99. The molecule has 4 heteroatoms. The van der Waals surface area contributed by atoms with Gasteiger partial charge in [-0.2, -0.15) is 5.26 Å². The zero-order valence-corrected chi connectivity index (χ0v) is 11.8. The molecule has 0 saturated heterocycles. The lowest BCUT2D eigenvalue weighted by molar-refractivity contribution is 0.303. The summed E-state index contributed by atoms with van der Waals surface area (Å²) in [6.45, 7) is 4.07. The van der Waals surface area contributed by atoms with E-state index in [0.717, 1.165) is 17.0 Å². The highest BCUT2D eigenvalue weighted by Gasteiger charge is 2.09. The van der Waals surface area contributed by atoms with Crippen LogP contribution in [0.5, 0.6) is 11.5 Å².